The quantitative estimate of drug-likeness (QED) is 0.425. The van der Waals surface area contributed by atoms with Crippen LogP contribution in [-0.2, 0) is 16.1 Å². The zero-order valence-electron chi connectivity index (χ0n) is 15.2. The summed E-state index contributed by atoms with van der Waals surface area (Å²) in [6, 6.07) is 15.5. The molecule has 0 N–H and O–H groups in total. The Kier molecular flexibility index (Phi) is 6.19. The fourth-order valence-electron chi connectivity index (χ4n) is 3.39. The first kappa shape index (κ1) is 19.0. The highest BCUT2D eigenvalue weighted by Crippen LogP contribution is 2.30. The molecule has 0 aromatic heterocycles. The van der Waals surface area contributed by atoms with Gasteiger partial charge in [-0.3, -0.25) is 10.1 Å². The maximum atomic E-state index is 12.3. The summed E-state index contributed by atoms with van der Waals surface area (Å²) in [5.41, 5.74) is 1.43. The van der Waals surface area contributed by atoms with Gasteiger partial charge in [-0.05, 0) is 42.9 Å². The van der Waals surface area contributed by atoms with Crippen LogP contribution < -0.4 is 0 Å². The van der Waals surface area contributed by atoms with Gasteiger partial charge in [-0.15, -0.1) is 0 Å². The van der Waals surface area contributed by atoms with Crippen LogP contribution in [0.5, 0.6) is 0 Å². The Morgan fingerprint density at radius 2 is 1.81 bits per heavy atom. The van der Waals surface area contributed by atoms with Crippen molar-refractivity contribution in [1.82, 2.24) is 0 Å². The van der Waals surface area contributed by atoms with Crippen LogP contribution in [0, 0.1) is 16.0 Å². The van der Waals surface area contributed by atoms with E-state index in [0.717, 1.165) is 24.8 Å². The second kappa shape index (κ2) is 8.77. The van der Waals surface area contributed by atoms with Crippen LogP contribution in [0.1, 0.15) is 42.1 Å². The lowest BCUT2D eigenvalue weighted by atomic mass is 9.86. The number of non-ortho nitro benzene ring substituents is 1. The van der Waals surface area contributed by atoms with E-state index in [-0.39, 0.29) is 23.8 Å². The number of rotatable bonds is 6. The molecular weight excluding hydrogens is 346 g/mol. The van der Waals surface area contributed by atoms with Crippen LogP contribution >= 0.6 is 0 Å². The molecule has 3 rings (SSSR count). The standard InChI is InChI=1S/C21H23NO5/c1-15-13-19(11-12-20(15)26-14-16-5-3-2-4-6-16)27-21(23)17-7-9-18(10-8-17)22(24)25/h2-10,15,19-20H,11-14H2,1H3/t15-,19+,20-/m0/s1. The number of carbonyl (C=O) groups excluding carboxylic acids is 1. The minimum atomic E-state index is -0.493. The highest BCUT2D eigenvalue weighted by Gasteiger charge is 2.30. The van der Waals surface area contributed by atoms with Crippen molar-refractivity contribution in [2.24, 2.45) is 5.92 Å². The topological polar surface area (TPSA) is 78.7 Å². The maximum absolute atomic E-state index is 12.3. The van der Waals surface area contributed by atoms with E-state index in [0.29, 0.717) is 12.2 Å². The molecule has 1 saturated carbocycles. The molecule has 0 amide bonds. The molecule has 0 bridgehead atoms. The van der Waals surface area contributed by atoms with E-state index in [1.54, 1.807) is 0 Å². The highest BCUT2D eigenvalue weighted by molar-refractivity contribution is 5.89. The summed E-state index contributed by atoms with van der Waals surface area (Å²) in [7, 11) is 0. The fraction of sp³-hybridized carbons (Fsp3) is 0.381. The predicted octanol–water partition coefficient (Wildman–Crippen LogP) is 4.53. The molecule has 0 radical (unpaired) electrons. The summed E-state index contributed by atoms with van der Waals surface area (Å²) in [4.78, 5) is 22.5. The van der Waals surface area contributed by atoms with Gasteiger partial charge in [-0.1, -0.05) is 37.3 Å². The summed E-state index contributed by atoms with van der Waals surface area (Å²) < 4.78 is 11.6. The Bertz CT molecular complexity index is 775. The van der Waals surface area contributed by atoms with E-state index >= 15 is 0 Å². The number of hydrogen-bond acceptors (Lipinski definition) is 5. The van der Waals surface area contributed by atoms with E-state index in [1.165, 1.54) is 24.3 Å². The van der Waals surface area contributed by atoms with Crippen LogP contribution in [0.4, 0.5) is 5.69 Å². The van der Waals surface area contributed by atoms with Crippen LogP contribution in [0.3, 0.4) is 0 Å². The Morgan fingerprint density at radius 1 is 1.11 bits per heavy atom. The number of hydrogen-bond donors (Lipinski definition) is 0. The average Bonchev–Trinajstić information content (AvgIpc) is 2.68. The molecule has 2 aromatic carbocycles. The molecule has 142 valence electrons. The number of nitro groups is 1. The summed E-state index contributed by atoms with van der Waals surface area (Å²) in [5, 5.41) is 10.7. The van der Waals surface area contributed by atoms with Gasteiger partial charge in [0.25, 0.3) is 5.69 Å². The number of nitrogens with zero attached hydrogens (tertiary/aromatic N) is 1. The van der Waals surface area contributed by atoms with Crippen molar-refractivity contribution in [1.29, 1.82) is 0 Å². The number of benzene rings is 2. The monoisotopic (exact) mass is 369 g/mol. The van der Waals surface area contributed by atoms with Crippen molar-refractivity contribution >= 4 is 11.7 Å². The molecule has 0 unspecified atom stereocenters. The second-order valence-corrected chi connectivity index (χ2v) is 6.96. The number of esters is 1. The van der Waals surface area contributed by atoms with Gasteiger partial charge in [0, 0.05) is 12.1 Å². The molecule has 6 heteroatoms. The van der Waals surface area contributed by atoms with Gasteiger partial charge in [-0.2, -0.15) is 0 Å². The largest absolute Gasteiger partial charge is 0.459 e. The Balaban J connectivity index is 1.48. The Hall–Kier alpha value is -2.73. The SMILES string of the molecule is C[C@H]1C[C@H](OC(=O)c2ccc([N+](=O)[O-])cc2)CC[C@@H]1OCc1ccccc1. The van der Waals surface area contributed by atoms with Crippen LogP contribution in [0.25, 0.3) is 0 Å². The van der Waals surface area contributed by atoms with E-state index in [4.69, 9.17) is 9.47 Å². The molecule has 0 spiro atoms. The first-order valence-electron chi connectivity index (χ1n) is 9.14. The average molecular weight is 369 g/mol. The summed E-state index contributed by atoms with van der Waals surface area (Å²) in [6.07, 6.45) is 2.34. The Labute approximate surface area is 158 Å². The van der Waals surface area contributed by atoms with Crippen molar-refractivity contribution in [2.45, 2.75) is 45.0 Å². The van der Waals surface area contributed by atoms with E-state index in [2.05, 4.69) is 6.92 Å². The number of nitro benzene ring substituents is 1. The lowest BCUT2D eigenvalue weighted by Crippen LogP contribution is -2.34. The molecule has 1 fully saturated rings. The molecule has 3 atom stereocenters. The second-order valence-electron chi connectivity index (χ2n) is 6.96. The molecule has 27 heavy (non-hydrogen) atoms. The van der Waals surface area contributed by atoms with Crippen molar-refractivity contribution in [3.8, 4) is 0 Å². The minimum absolute atomic E-state index is 0.0451. The zero-order chi connectivity index (χ0) is 19.2. The minimum Gasteiger partial charge on any atom is -0.459 e. The first-order valence-corrected chi connectivity index (χ1v) is 9.14. The summed E-state index contributed by atoms with van der Waals surface area (Å²) in [6.45, 7) is 2.70. The van der Waals surface area contributed by atoms with Crippen LogP contribution in [0.15, 0.2) is 54.6 Å². The lowest BCUT2D eigenvalue weighted by molar-refractivity contribution is -0.384. The molecule has 0 saturated heterocycles. The van der Waals surface area contributed by atoms with Gasteiger partial charge in [0.1, 0.15) is 6.10 Å². The van der Waals surface area contributed by atoms with E-state index < -0.39 is 10.9 Å². The first-order chi connectivity index (χ1) is 13.0. The number of ether oxygens (including phenoxy) is 2. The third-order valence-electron chi connectivity index (χ3n) is 4.94. The van der Waals surface area contributed by atoms with Crippen molar-refractivity contribution in [3.63, 3.8) is 0 Å². The van der Waals surface area contributed by atoms with Gasteiger partial charge in [-0.25, -0.2) is 4.79 Å². The smallest absolute Gasteiger partial charge is 0.338 e. The molecular formula is C21H23NO5. The number of carbonyl (C=O) groups is 1. The highest BCUT2D eigenvalue weighted by atomic mass is 16.6. The van der Waals surface area contributed by atoms with Crippen molar-refractivity contribution in [3.05, 3.63) is 75.8 Å². The third-order valence-corrected chi connectivity index (χ3v) is 4.94. The molecule has 1 aliphatic carbocycles. The van der Waals surface area contributed by atoms with Crippen molar-refractivity contribution in [2.75, 3.05) is 0 Å². The molecule has 0 aliphatic heterocycles. The van der Waals surface area contributed by atoms with Gasteiger partial charge >= 0.3 is 5.97 Å². The normalized spacial score (nSPS) is 22.2. The van der Waals surface area contributed by atoms with E-state index in [9.17, 15) is 14.9 Å². The molecule has 0 heterocycles. The van der Waals surface area contributed by atoms with Gasteiger partial charge in [0.2, 0.25) is 0 Å². The summed E-state index contributed by atoms with van der Waals surface area (Å²) in [5.74, 6) is -0.150. The Morgan fingerprint density at radius 3 is 2.44 bits per heavy atom. The fourth-order valence-corrected chi connectivity index (χ4v) is 3.39. The molecule has 2 aromatic rings. The van der Waals surface area contributed by atoms with Crippen LogP contribution in [-0.4, -0.2) is 23.1 Å². The van der Waals surface area contributed by atoms with Crippen LogP contribution in [0.2, 0.25) is 0 Å². The van der Waals surface area contributed by atoms with Gasteiger partial charge < -0.3 is 9.47 Å². The van der Waals surface area contributed by atoms with E-state index in [1.807, 2.05) is 30.3 Å². The lowest BCUT2D eigenvalue weighted by Gasteiger charge is -2.33. The molecule has 6 nitrogen and oxygen atoms in total. The maximum Gasteiger partial charge on any atom is 0.338 e. The summed E-state index contributed by atoms with van der Waals surface area (Å²) >= 11 is 0. The van der Waals surface area contributed by atoms with Crippen molar-refractivity contribution < 1.29 is 19.2 Å². The molecule has 1 aliphatic rings. The zero-order valence-corrected chi connectivity index (χ0v) is 15.2. The van der Waals surface area contributed by atoms with Gasteiger partial charge in [0.05, 0.1) is 23.2 Å². The van der Waals surface area contributed by atoms with Gasteiger partial charge in [0.15, 0.2) is 0 Å². The third kappa shape index (κ3) is 5.14. The predicted molar refractivity (Wildman–Crippen MR) is 100 cm³/mol.